The van der Waals surface area contributed by atoms with Gasteiger partial charge in [-0.2, -0.15) is 0 Å². The maximum atomic E-state index is 11.3. The standard InChI is InChI=1S/C14H13NO2/c16-14(17)13(12-7-4-8-15-10-12)9-11-5-2-1-3-6-11/h1-8,10,13H,9H2,(H,16,17). The third kappa shape index (κ3) is 2.91. The van der Waals surface area contributed by atoms with Crippen LogP contribution < -0.4 is 0 Å². The van der Waals surface area contributed by atoms with Crippen molar-refractivity contribution in [2.24, 2.45) is 0 Å². The summed E-state index contributed by atoms with van der Waals surface area (Å²) in [4.78, 5) is 15.2. The summed E-state index contributed by atoms with van der Waals surface area (Å²) in [5.74, 6) is -1.35. The number of pyridine rings is 1. The quantitative estimate of drug-likeness (QED) is 0.873. The van der Waals surface area contributed by atoms with Crippen LogP contribution in [0.2, 0.25) is 0 Å². The van der Waals surface area contributed by atoms with Gasteiger partial charge in [0.25, 0.3) is 0 Å². The van der Waals surface area contributed by atoms with Gasteiger partial charge >= 0.3 is 5.97 Å². The summed E-state index contributed by atoms with van der Waals surface area (Å²) >= 11 is 0. The van der Waals surface area contributed by atoms with Crippen LogP contribution in [0.15, 0.2) is 54.9 Å². The van der Waals surface area contributed by atoms with Crippen LogP contribution in [0, 0.1) is 0 Å². The lowest BCUT2D eigenvalue weighted by atomic mass is 9.93. The van der Waals surface area contributed by atoms with Crippen molar-refractivity contribution in [2.75, 3.05) is 0 Å². The lowest BCUT2D eigenvalue weighted by Crippen LogP contribution is -2.14. The molecular formula is C14H13NO2. The van der Waals surface area contributed by atoms with Crippen molar-refractivity contribution in [3.8, 4) is 0 Å². The van der Waals surface area contributed by atoms with Crippen molar-refractivity contribution in [1.29, 1.82) is 0 Å². The highest BCUT2D eigenvalue weighted by Crippen LogP contribution is 2.20. The van der Waals surface area contributed by atoms with Crippen LogP contribution in [0.3, 0.4) is 0 Å². The number of hydrogen-bond acceptors (Lipinski definition) is 2. The van der Waals surface area contributed by atoms with Crippen molar-refractivity contribution in [1.82, 2.24) is 4.98 Å². The molecule has 0 amide bonds. The van der Waals surface area contributed by atoms with Crippen molar-refractivity contribution in [3.63, 3.8) is 0 Å². The fourth-order valence-corrected chi connectivity index (χ4v) is 1.78. The molecule has 1 unspecified atom stereocenters. The minimum Gasteiger partial charge on any atom is -0.481 e. The first-order chi connectivity index (χ1) is 8.27. The third-order valence-corrected chi connectivity index (χ3v) is 2.67. The number of carbonyl (C=O) groups is 1. The molecule has 0 aliphatic carbocycles. The average molecular weight is 227 g/mol. The maximum absolute atomic E-state index is 11.3. The SMILES string of the molecule is O=C(O)C(Cc1ccccc1)c1cccnc1. The number of aliphatic carboxylic acids is 1. The smallest absolute Gasteiger partial charge is 0.311 e. The zero-order chi connectivity index (χ0) is 12.1. The summed E-state index contributed by atoms with van der Waals surface area (Å²) in [7, 11) is 0. The van der Waals surface area contributed by atoms with Crippen molar-refractivity contribution in [2.45, 2.75) is 12.3 Å². The Balaban J connectivity index is 2.23. The van der Waals surface area contributed by atoms with E-state index in [9.17, 15) is 9.90 Å². The van der Waals surface area contributed by atoms with Gasteiger partial charge in [0.15, 0.2) is 0 Å². The van der Waals surface area contributed by atoms with Crippen LogP contribution in [0.25, 0.3) is 0 Å². The van der Waals surface area contributed by atoms with Gasteiger partial charge < -0.3 is 5.11 Å². The van der Waals surface area contributed by atoms with Crippen LogP contribution in [-0.2, 0) is 11.2 Å². The molecule has 0 aliphatic rings. The summed E-state index contributed by atoms with van der Waals surface area (Å²) in [6, 6.07) is 13.2. The first-order valence-electron chi connectivity index (χ1n) is 5.44. The summed E-state index contributed by atoms with van der Waals surface area (Å²) in [5.41, 5.74) is 1.76. The number of nitrogens with zero attached hydrogens (tertiary/aromatic N) is 1. The van der Waals surface area contributed by atoms with Gasteiger partial charge in [0.2, 0.25) is 0 Å². The molecule has 1 aromatic heterocycles. The number of carboxylic acid groups (broad SMARTS) is 1. The monoisotopic (exact) mass is 227 g/mol. The van der Waals surface area contributed by atoms with E-state index in [2.05, 4.69) is 4.98 Å². The summed E-state index contributed by atoms with van der Waals surface area (Å²) in [5, 5.41) is 9.26. The second-order valence-corrected chi connectivity index (χ2v) is 3.87. The van der Waals surface area contributed by atoms with Gasteiger partial charge in [-0.05, 0) is 23.6 Å². The predicted molar refractivity (Wildman–Crippen MR) is 64.8 cm³/mol. The lowest BCUT2D eigenvalue weighted by Gasteiger charge is -2.12. The second kappa shape index (κ2) is 5.25. The Labute approximate surface area is 99.8 Å². The van der Waals surface area contributed by atoms with Crippen molar-refractivity contribution in [3.05, 3.63) is 66.0 Å². The second-order valence-electron chi connectivity index (χ2n) is 3.87. The molecule has 0 fully saturated rings. The number of carboxylic acids is 1. The van der Waals surface area contributed by atoms with E-state index in [1.54, 1.807) is 24.5 Å². The molecule has 0 radical (unpaired) electrons. The van der Waals surface area contributed by atoms with E-state index in [1.807, 2.05) is 30.3 Å². The minimum absolute atomic E-state index is 0.488. The molecule has 1 N–H and O–H groups in total. The molecule has 0 aliphatic heterocycles. The molecule has 0 spiro atoms. The molecule has 86 valence electrons. The highest BCUT2D eigenvalue weighted by molar-refractivity contribution is 5.76. The zero-order valence-corrected chi connectivity index (χ0v) is 9.28. The molecule has 0 saturated carbocycles. The summed E-state index contributed by atoms with van der Waals surface area (Å²) < 4.78 is 0. The summed E-state index contributed by atoms with van der Waals surface area (Å²) in [6.45, 7) is 0. The lowest BCUT2D eigenvalue weighted by molar-refractivity contribution is -0.138. The van der Waals surface area contributed by atoms with Gasteiger partial charge in [-0.3, -0.25) is 9.78 Å². The maximum Gasteiger partial charge on any atom is 0.311 e. The highest BCUT2D eigenvalue weighted by atomic mass is 16.4. The van der Waals surface area contributed by atoms with E-state index in [0.29, 0.717) is 6.42 Å². The van der Waals surface area contributed by atoms with E-state index < -0.39 is 11.9 Å². The molecule has 0 bridgehead atoms. The van der Waals surface area contributed by atoms with Gasteiger partial charge in [0, 0.05) is 12.4 Å². The normalized spacial score (nSPS) is 12.0. The zero-order valence-electron chi connectivity index (χ0n) is 9.28. The number of hydrogen-bond donors (Lipinski definition) is 1. The molecule has 2 rings (SSSR count). The first kappa shape index (κ1) is 11.3. The largest absolute Gasteiger partial charge is 0.481 e. The Hall–Kier alpha value is -2.16. The molecule has 17 heavy (non-hydrogen) atoms. The van der Waals surface area contributed by atoms with Crippen LogP contribution in [0.5, 0.6) is 0 Å². The molecule has 3 heteroatoms. The Morgan fingerprint density at radius 2 is 1.94 bits per heavy atom. The molecule has 0 saturated heterocycles. The predicted octanol–water partition coefficient (Wildman–Crippen LogP) is 2.49. The fourth-order valence-electron chi connectivity index (χ4n) is 1.78. The topological polar surface area (TPSA) is 50.2 Å². The Morgan fingerprint density at radius 3 is 2.53 bits per heavy atom. The minimum atomic E-state index is -0.818. The van der Waals surface area contributed by atoms with E-state index >= 15 is 0 Å². The Bertz CT molecular complexity index is 482. The van der Waals surface area contributed by atoms with E-state index in [0.717, 1.165) is 11.1 Å². The average Bonchev–Trinajstić information content (AvgIpc) is 2.38. The van der Waals surface area contributed by atoms with E-state index in [1.165, 1.54) is 0 Å². The first-order valence-corrected chi connectivity index (χ1v) is 5.44. The fraction of sp³-hybridized carbons (Fsp3) is 0.143. The van der Waals surface area contributed by atoms with Gasteiger partial charge in [0.1, 0.15) is 0 Å². The molecule has 2 aromatic rings. The van der Waals surface area contributed by atoms with Gasteiger partial charge in [-0.15, -0.1) is 0 Å². The third-order valence-electron chi connectivity index (χ3n) is 2.67. The van der Waals surface area contributed by atoms with E-state index in [-0.39, 0.29) is 0 Å². The Kier molecular flexibility index (Phi) is 3.50. The molecule has 3 nitrogen and oxygen atoms in total. The van der Waals surface area contributed by atoms with Gasteiger partial charge in [0.05, 0.1) is 5.92 Å². The molecule has 1 heterocycles. The van der Waals surface area contributed by atoms with Crippen LogP contribution in [-0.4, -0.2) is 16.1 Å². The van der Waals surface area contributed by atoms with Crippen LogP contribution in [0.4, 0.5) is 0 Å². The molecule has 1 aromatic carbocycles. The van der Waals surface area contributed by atoms with Crippen LogP contribution >= 0.6 is 0 Å². The Morgan fingerprint density at radius 1 is 1.18 bits per heavy atom. The van der Waals surface area contributed by atoms with Crippen molar-refractivity contribution < 1.29 is 9.90 Å². The number of aromatic nitrogens is 1. The van der Waals surface area contributed by atoms with Gasteiger partial charge in [-0.25, -0.2) is 0 Å². The van der Waals surface area contributed by atoms with Gasteiger partial charge in [-0.1, -0.05) is 36.4 Å². The summed E-state index contributed by atoms with van der Waals surface area (Å²) in [6.07, 6.45) is 3.74. The van der Waals surface area contributed by atoms with E-state index in [4.69, 9.17) is 0 Å². The molecular weight excluding hydrogens is 214 g/mol. The van der Waals surface area contributed by atoms with Crippen LogP contribution in [0.1, 0.15) is 17.0 Å². The number of benzene rings is 1. The molecule has 1 atom stereocenters. The van der Waals surface area contributed by atoms with Crippen molar-refractivity contribution >= 4 is 5.97 Å². The number of rotatable bonds is 4. The highest BCUT2D eigenvalue weighted by Gasteiger charge is 2.20.